The van der Waals surface area contributed by atoms with Gasteiger partial charge in [-0.15, -0.1) is 5.10 Å². The number of aromatic amines is 1. The van der Waals surface area contributed by atoms with Crippen LogP contribution in [0.2, 0.25) is 0 Å². The summed E-state index contributed by atoms with van der Waals surface area (Å²) in [5, 5.41) is 15.3. The number of hydrogen-bond donors (Lipinski definition) is 2. The van der Waals surface area contributed by atoms with Crippen LogP contribution in [0.4, 0.5) is 5.95 Å². The van der Waals surface area contributed by atoms with Gasteiger partial charge in [0.2, 0.25) is 5.91 Å². The number of tetrazole rings is 1. The predicted octanol–water partition coefficient (Wildman–Crippen LogP) is 0.459. The fraction of sp³-hybridized carbons (Fsp3) is 0.286. The highest BCUT2D eigenvalue weighted by molar-refractivity contribution is 6.23. The van der Waals surface area contributed by atoms with Crippen LogP contribution in [0.25, 0.3) is 0 Å². The van der Waals surface area contributed by atoms with E-state index < -0.39 is 23.8 Å². The lowest BCUT2D eigenvalue weighted by molar-refractivity contribution is -0.121. The van der Waals surface area contributed by atoms with Crippen molar-refractivity contribution in [1.82, 2.24) is 25.5 Å². The maximum Gasteiger partial charge on any atom is 0.269 e. The first-order chi connectivity index (χ1) is 11.0. The zero-order chi connectivity index (χ0) is 16.6. The molecule has 0 bridgehead atoms. The molecule has 1 aliphatic heterocycles. The molecule has 0 spiro atoms. The van der Waals surface area contributed by atoms with Gasteiger partial charge in [0.25, 0.3) is 17.8 Å². The minimum atomic E-state index is -0.971. The molecule has 2 heterocycles. The summed E-state index contributed by atoms with van der Waals surface area (Å²) < 4.78 is 0. The minimum absolute atomic E-state index is 0.0164. The van der Waals surface area contributed by atoms with Crippen molar-refractivity contribution >= 4 is 23.7 Å². The van der Waals surface area contributed by atoms with Crippen LogP contribution < -0.4 is 5.32 Å². The van der Waals surface area contributed by atoms with Gasteiger partial charge in [0.05, 0.1) is 11.1 Å². The summed E-state index contributed by atoms with van der Waals surface area (Å²) in [5.74, 6) is -1.81. The molecule has 23 heavy (non-hydrogen) atoms. The van der Waals surface area contributed by atoms with Crippen molar-refractivity contribution < 1.29 is 14.4 Å². The summed E-state index contributed by atoms with van der Waals surface area (Å²) in [6, 6.07) is 5.53. The Morgan fingerprint density at radius 1 is 1.17 bits per heavy atom. The number of amides is 3. The molecule has 9 nitrogen and oxygen atoms in total. The van der Waals surface area contributed by atoms with Crippen LogP contribution in [0.3, 0.4) is 0 Å². The average Bonchev–Trinajstić information content (AvgIpc) is 3.10. The predicted molar refractivity (Wildman–Crippen MR) is 78.4 cm³/mol. The molecular formula is C14H14N6O3. The van der Waals surface area contributed by atoms with Crippen molar-refractivity contribution in [3.63, 3.8) is 0 Å². The van der Waals surface area contributed by atoms with Crippen molar-refractivity contribution in [3.05, 3.63) is 35.4 Å². The van der Waals surface area contributed by atoms with E-state index in [4.69, 9.17) is 0 Å². The van der Waals surface area contributed by atoms with Gasteiger partial charge in [-0.2, -0.15) is 5.21 Å². The molecule has 0 saturated heterocycles. The fourth-order valence-corrected chi connectivity index (χ4v) is 2.58. The number of benzene rings is 1. The van der Waals surface area contributed by atoms with Crippen LogP contribution in [0.1, 0.15) is 34.6 Å². The summed E-state index contributed by atoms with van der Waals surface area (Å²) in [6.07, 6.45) is 0. The third kappa shape index (κ3) is 2.45. The van der Waals surface area contributed by atoms with Gasteiger partial charge in [-0.25, -0.2) is 0 Å². The fourth-order valence-electron chi connectivity index (χ4n) is 2.58. The second-order valence-electron chi connectivity index (χ2n) is 5.44. The van der Waals surface area contributed by atoms with Crippen LogP contribution in [-0.4, -0.2) is 49.3 Å². The number of carbonyl (C=O) groups is 3. The summed E-state index contributed by atoms with van der Waals surface area (Å²) in [5.41, 5.74) is 0.603. The monoisotopic (exact) mass is 314 g/mol. The molecule has 3 amide bonds. The minimum Gasteiger partial charge on any atom is -0.290 e. The van der Waals surface area contributed by atoms with Gasteiger partial charge in [-0.05, 0) is 23.3 Å². The zero-order valence-electron chi connectivity index (χ0n) is 12.5. The number of H-pyrrole nitrogens is 1. The topological polar surface area (TPSA) is 121 Å². The maximum atomic E-state index is 12.5. The number of carbonyl (C=O) groups excluding carboxylic acids is 3. The Balaban J connectivity index is 1.92. The molecule has 118 valence electrons. The van der Waals surface area contributed by atoms with E-state index >= 15 is 0 Å². The average molecular weight is 314 g/mol. The van der Waals surface area contributed by atoms with Crippen molar-refractivity contribution in [2.75, 3.05) is 5.32 Å². The van der Waals surface area contributed by atoms with Crippen molar-refractivity contribution in [2.45, 2.75) is 19.9 Å². The molecule has 0 aliphatic carbocycles. The number of nitrogens with one attached hydrogen (secondary N) is 2. The summed E-state index contributed by atoms with van der Waals surface area (Å²) >= 11 is 0. The number of anilines is 1. The molecule has 9 heteroatoms. The highest BCUT2D eigenvalue weighted by Crippen LogP contribution is 2.27. The molecule has 3 rings (SSSR count). The quantitative estimate of drug-likeness (QED) is 0.791. The van der Waals surface area contributed by atoms with E-state index in [1.54, 1.807) is 38.1 Å². The molecule has 1 aromatic carbocycles. The number of nitrogens with zero attached hydrogens (tertiary/aromatic N) is 4. The van der Waals surface area contributed by atoms with Crippen LogP contribution in [0.5, 0.6) is 0 Å². The lowest BCUT2D eigenvalue weighted by Crippen LogP contribution is -2.50. The van der Waals surface area contributed by atoms with Crippen LogP contribution >= 0.6 is 0 Å². The number of imide groups is 1. The lowest BCUT2D eigenvalue weighted by Gasteiger charge is -2.27. The second kappa shape index (κ2) is 5.59. The first-order valence-corrected chi connectivity index (χ1v) is 7.02. The van der Waals surface area contributed by atoms with Gasteiger partial charge in [0.15, 0.2) is 0 Å². The Kier molecular flexibility index (Phi) is 3.61. The highest BCUT2D eigenvalue weighted by atomic mass is 16.2. The third-order valence-electron chi connectivity index (χ3n) is 3.58. The van der Waals surface area contributed by atoms with E-state index in [0.717, 1.165) is 4.90 Å². The van der Waals surface area contributed by atoms with Gasteiger partial charge < -0.3 is 0 Å². The Morgan fingerprint density at radius 2 is 1.78 bits per heavy atom. The maximum absolute atomic E-state index is 12.5. The lowest BCUT2D eigenvalue weighted by atomic mass is 10.0. The molecular weight excluding hydrogens is 300 g/mol. The number of fused-ring (bicyclic) bond motifs is 1. The van der Waals surface area contributed by atoms with Crippen molar-refractivity contribution in [1.29, 1.82) is 0 Å². The molecule has 1 unspecified atom stereocenters. The van der Waals surface area contributed by atoms with E-state index in [1.807, 2.05) is 0 Å². The zero-order valence-corrected chi connectivity index (χ0v) is 12.5. The third-order valence-corrected chi connectivity index (χ3v) is 3.58. The largest absolute Gasteiger partial charge is 0.290 e. The van der Waals surface area contributed by atoms with Gasteiger partial charge in [-0.3, -0.25) is 24.6 Å². The summed E-state index contributed by atoms with van der Waals surface area (Å²) in [6.45, 7) is 3.51. The molecule has 0 radical (unpaired) electrons. The van der Waals surface area contributed by atoms with E-state index in [-0.39, 0.29) is 11.9 Å². The van der Waals surface area contributed by atoms with Crippen molar-refractivity contribution in [2.24, 2.45) is 5.92 Å². The Labute approximate surface area is 131 Å². The van der Waals surface area contributed by atoms with E-state index in [0.29, 0.717) is 11.1 Å². The van der Waals surface area contributed by atoms with Crippen molar-refractivity contribution in [3.8, 4) is 0 Å². The highest BCUT2D eigenvalue weighted by Gasteiger charge is 2.44. The summed E-state index contributed by atoms with van der Waals surface area (Å²) in [7, 11) is 0. The molecule has 2 N–H and O–H groups in total. The molecule has 2 aromatic rings. The summed E-state index contributed by atoms with van der Waals surface area (Å²) in [4.78, 5) is 38.6. The Bertz CT molecular complexity index is 736. The van der Waals surface area contributed by atoms with Crippen LogP contribution in [0.15, 0.2) is 24.3 Å². The first kappa shape index (κ1) is 14.8. The SMILES string of the molecule is CC(C)C(C(=O)Nc1nn[nH]n1)N1C(=O)c2ccccc2C1=O. The number of hydrogen-bond acceptors (Lipinski definition) is 6. The molecule has 1 aromatic heterocycles. The standard InChI is InChI=1S/C14H14N6O3/c1-7(2)10(11(21)15-14-16-18-19-17-14)20-12(22)8-5-3-4-6-9(8)13(20)23/h3-7,10H,1-2H3,(H2,15,16,17,18,19,21). The first-order valence-electron chi connectivity index (χ1n) is 7.02. The van der Waals surface area contributed by atoms with Gasteiger partial charge in [-0.1, -0.05) is 31.1 Å². The van der Waals surface area contributed by atoms with Gasteiger partial charge >= 0.3 is 0 Å². The molecule has 0 fully saturated rings. The Hall–Kier alpha value is -3.10. The smallest absolute Gasteiger partial charge is 0.269 e. The van der Waals surface area contributed by atoms with E-state index in [1.165, 1.54) is 0 Å². The Morgan fingerprint density at radius 3 is 2.26 bits per heavy atom. The second-order valence-corrected chi connectivity index (χ2v) is 5.44. The molecule has 0 saturated carbocycles. The molecule has 1 atom stereocenters. The van der Waals surface area contributed by atoms with E-state index in [9.17, 15) is 14.4 Å². The van der Waals surface area contributed by atoms with Crippen LogP contribution in [0, 0.1) is 5.92 Å². The normalized spacial score (nSPS) is 15.0. The molecule has 1 aliphatic rings. The van der Waals surface area contributed by atoms with Crippen LogP contribution in [-0.2, 0) is 4.79 Å². The number of rotatable bonds is 4. The van der Waals surface area contributed by atoms with E-state index in [2.05, 4.69) is 25.9 Å². The van der Waals surface area contributed by atoms with Gasteiger partial charge in [0.1, 0.15) is 6.04 Å². The van der Waals surface area contributed by atoms with Gasteiger partial charge in [0, 0.05) is 0 Å². The number of aromatic nitrogens is 4.